The molecule has 3 aromatic heterocycles. The summed E-state index contributed by atoms with van der Waals surface area (Å²) in [5.74, 6) is -5.91. The van der Waals surface area contributed by atoms with Gasteiger partial charge in [0.25, 0.3) is 0 Å². The molecule has 0 unspecified atom stereocenters. The molecule has 4 aliphatic rings. The van der Waals surface area contributed by atoms with Crippen molar-refractivity contribution >= 4 is 109 Å². The molecule has 11 rings (SSSR count). The smallest absolute Gasteiger partial charge is 0.197 e. The van der Waals surface area contributed by atoms with Gasteiger partial charge in [-0.2, -0.15) is 0 Å². The fraction of sp³-hybridized carbons (Fsp3) is 0.130. The molecule has 0 atom stereocenters. The Morgan fingerprint density at radius 2 is 0.965 bits per heavy atom. The van der Waals surface area contributed by atoms with Gasteiger partial charge in [0.2, 0.25) is 0 Å². The van der Waals surface area contributed by atoms with Gasteiger partial charge in [-0.15, -0.1) is 34.0 Å². The van der Waals surface area contributed by atoms with Gasteiger partial charge in [-0.3, -0.25) is 19.2 Å². The van der Waals surface area contributed by atoms with Crippen LogP contribution in [0.4, 0.5) is 17.6 Å². The largest absolute Gasteiger partial charge is 0.288 e. The number of allylic oxidation sites excluding steroid dienone is 7. The normalized spacial score (nSPS) is 17.9. The van der Waals surface area contributed by atoms with Crippen molar-refractivity contribution in [1.29, 1.82) is 0 Å². The van der Waals surface area contributed by atoms with Crippen LogP contribution in [0.15, 0.2) is 89.0 Å². The molecule has 4 nitrogen and oxygen atoms in total. The predicted molar refractivity (Wildman–Crippen MR) is 218 cm³/mol. The maximum atomic E-state index is 14.0. The summed E-state index contributed by atoms with van der Waals surface area (Å²) in [4.78, 5) is 56.2. The van der Waals surface area contributed by atoms with E-state index < -0.39 is 57.2 Å². The first-order valence-corrected chi connectivity index (χ1v) is 20.4. The molecule has 11 heteroatoms. The quantitative estimate of drug-likeness (QED) is 0.0990. The van der Waals surface area contributed by atoms with Gasteiger partial charge in [0, 0.05) is 47.5 Å². The van der Waals surface area contributed by atoms with Crippen molar-refractivity contribution in [3.63, 3.8) is 0 Å². The van der Waals surface area contributed by atoms with E-state index in [0.717, 1.165) is 64.8 Å². The number of carbonyl (C=O) groups excluding carboxylic acids is 4. The van der Waals surface area contributed by atoms with Crippen LogP contribution in [0.25, 0.3) is 52.0 Å². The van der Waals surface area contributed by atoms with Crippen molar-refractivity contribution in [3.8, 4) is 0 Å². The van der Waals surface area contributed by atoms with Crippen LogP contribution in [0.5, 0.6) is 0 Å². The third-order valence-electron chi connectivity index (χ3n) is 12.0. The number of carbonyl (C=O) groups is 4. The molecule has 0 N–H and O–H groups in total. The lowest BCUT2D eigenvalue weighted by molar-refractivity contribution is 0.0974. The SMILES string of the molecule is CC1(C)C(C=C2C(=O)c3cc4cc(F)c(F)cc4cc3C2=O)=CC2=C1c1sc3c(sc4cc(C=C5C(=O)c6cc7cc(F)c(F)cc7cc6C5=O)sc43)c1C2(C)C. The van der Waals surface area contributed by atoms with Crippen LogP contribution in [0, 0.1) is 28.7 Å². The van der Waals surface area contributed by atoms with Crippen LogP contribution in [0.3, 0.4) is 0 Å². The zero-order valence-electron chi connectivity index (χ0n) is 30.3. The molecule has 0 radical (unpaired) electrons. The minimum absolute atomic E-state index is 0.00909. The van der Waals surface area contributed by atoms with E-state index in [1.54, 1.807) is 34.8 Å². The first-order chi connectivity index (χ1) is 27.0. The lowest BCUT2D eigenvalue weighted by atomic mass is 9.79. The van der Waals surface area contributed by atoms with Crippen LogP contribution in [-0.4, -0.2) is 23.1 Å². The molecule has 0 bridgehead atoms. The molecule has 0 amide bonds. The van der Waals surface area contributed by atoms with Gasteiger partial charge < -0.3 is 0 Å². The van der Waals surface area contributed by atoms with Gasteiger partial charge >= 0.3 is 0 Å². The number of benzene rings is 4. The lowest BCUT2D eigenvalue weighted by Gasteiger charge is -2.25. The van der Waals surface area contributed by atoms with Crippen molar-refractivity contribution in [2.24, 2.45) is 5.41 Å². The molecule has 4 aromatic carbocycles. The minimum Gasteiger partial charge on any atom is -0.288 e. The fourth-order valence-corrected chi connectivity index (χ4v) is 13.8. The third-order valence-corrected chi connectivity index (χ3v) is 15.9. The molecular weight excluding hydrogens is 789 g/mol. The molecule has 0 saturated carbocycles. The average Bonchev–Trinajstić information content (AvgIpc) is 3.98. The molecule has 0 saturated heterocycles. The van der Waals surface area contributed by atoms with Crippen molar-refractivity contribution in [2.45, 2.75) is 33.1 Å². The third kappa shape index (κ3) is 4.47. The molecule has 3 heterocycles. The zero-order chi connectivity index (χ0) is 39.8. The van der Waals surface area contributed by atoms with Crippen LogP contribution in [0.1, 0.15) is 84.4 Å². The summed E-state index contributed by atoms with van der Waals surface area (Å²) in [5, 5.41) is 1.35. The van der Waals surface area contributed by atoms with Crippen LogP contribution in [-0.2, 0) is 5.41 Å². The number of thiophene rings is 3. The van der Waals surface area contributed by atoms with E-state index in [4.69, 9.17) is 0 Å². The van der Waals surface area contributed by atoms with Crippen molar-refractivity contribution in [3.05, 3.63) is 150 Å². The minimum atomic E-state index is -1.03. The van der Waals surface area contributed by atoms with Crippen molar-refractivity contribution in [2.75, 3.05) is 0 Å². The van der Waals surface area contributed by atoms with Gasteiger partial charge in [-0.1, -0.05) is 33.8 Å². The molecule has 57 heavy (non-hydrogen) atoms. The standard InChI is InChI=1S/C46H24F4O4S3/c1-45(2)21(13-27-37(51)23-5-17-9-30(47)31(48)10-18(17)6-24(23)38(27)52)14-29-35(45)42-36(46(29,3)4)43-44(57-42)41-34(56-43)16-22(55-41)15-28-39(53)25-7-19-11-32(49)33(50)12-20(19)8-26(25)40(28)54/h5-16H,1-4H3. The summed E-state index contributed by atoms with van der Waals surface area (Å²) in [7, 11) is 0. The van der Waals surface area contributed by atoms with E-state index >= 15 is 0 Å². The number of fused-ring (bicyclic) bond motifs is 10. The second-order valence-corrected chi connectivity index (χ2v) is 19.2. The molecule has 278 valence electrons. The van der Waals surface area contributed by atoms with Gasteiger partial charge in [-0.05, 0) is 111 Å². The Bertz CT molecular complexity index is 3240. The van der Waals surface area contributed by atoms with E-state index in [9.17, 15) is 36.7 Å². The Balaban J connectivity index is 0.945. The Morgan fingerprint density at radius 1 is 0.509 bits per heavy atom. The lowest BCUT2D eigenvalue weighted by Crippen LogP contribution is -2.15. The van der Waals surface area contributed by atoms with Crippen LogP contribution < -0.4 is 0 Å². The Labute approximate surface area is 332 Å². The van der Waals surface area contributed by atoms with E-state index in [2.05, 4.69) is 33.8 Å². The monoisotopic (exact) mass is 812 g/mol. The van der Waals surface area contributed by atoms with Crippen LogP contribution in [0.2, 0.25) is 0 Å². The summed E-state index contributed by atoms with van der Waals surface area (Å²) in [6.45, 7) is 8.53. The summed E-state index contributed by atoms with van der Waals surface area (Å²) < 4.78 is 60.3. The number of hydrogen-bond acceptors (Lipinski definition) is 7. The average molecular weight is 813 g/mol. The number of hydrogen-bond donors (Lipinski definition) is 0. The highest BCUT2D eigenvalue weighted by atomic mass is 32.1. The summed E-state index contributed by atoms with van der Waals surface area (Å²) in [5.41, 5.74) is 4.03. The second kappa shape index (κ2) is 11.1. The van der Waals surface area contributed by atoms with E-state index in [1.165, 1.54) is 45.9 Å². The Morgan fingerprint density at radius 3 is 1.44 bits per heavy atom. The van der Waals surface area contributed by atoms with Gasteiger partial charge in [-0.25, -0.2) is 17.6 Å². The first-order valence-electron chi connectivity index (χ1n) is 18.0. The number of Topliss-reactive ketones (excluding diaryl/α,β-unsaturated/α-hetero) is 4. The second-order valence-electron chi connectivity index (χ2n) is 16.0. The van der Waals surface area contributed by atoms with Crippen molar-refractivity contribution in [1.82, 2.24) is 0 Å². The van der Waals surface area contributed by atoms with Gasteiger partial charge in [0.05, 0.1) is 25.2 Å². The topological polar surface area (TPSA) is 68.3 Å². The predicted octanol–water partition coefficient (Wildman–Crippen LogP) is 12.5. The Kier molecular flexibility index (Phi) is 6.72. The van der Waals surface area contributed by atoms with E-state index in [1.807, 2.05) is 6.07 Å². The summed E-state index contributed by atoms with van der Waals surface area (Å²) >= 11 is 4.85. The summed E-state index contributed by atoms with van der Waals surface area (Å²) in [6.07, 6.45) is 5.38. The number of rotatable bonds is 2. The molecule has 0 aliphatic heterocycles. The number of halogens is 4. The Hall–Kier alpha value is -5.62. The summed E-state index contributed by atoms with van der Waals surface area (Å²) in [6, 6.07) is 11.9. The molecule has 4 aliphatic carbocycles. The van der Waals surface area contributed by atoms with Crippen LogP contribution >= 0.6 is 34.0 Å². The fourth-order valence-electron chi connectivity index (χ4n) is 9.05. The van der Waals surface area contributed by atoms with Gasteiger partial charge in [0.1, 0.15) is 0 Å². The molecular formula is C46H24F4O4S3. The zero-order valence-corrected chi connectivity index (χ0v) is 32.7. The first kappa shape index (κ1) is 34.6. The van der Waals surface area contributed by atoms with Gasteiger partial charge in [0.15, 0.2) is 46.4 Å². The highest BCUT2D eigenvalue weighted by Crippen LogP contribution is 2.65. The maximum Gasteiger partial charge on any atom is 0.197 e. The van der Waals surface area contributed by atoms with E-state index in [-0.39, 0.29) is 33.4 Å². The van der Waals surface area contributed by atoms with E-state index in [0.29, 0.717) is 21.5 Å². The highest BCUT2D eigenvalue weighted by molar-refractivity contribution is 7.39. The number of ketones is 4. The molecule has 0 fully saturated rings. The molecule has 7 aromatic rings. The maximum absolute atomic E-state index is 14.0. The van der Waals surface area contributed by atoms with Crippen molar-refractivity contribution < 1.29 is 36.7 Å². The molecule has 0 spiro atoms. The highest BCUT2D eigenvalue weighted by Gasteiger charge is 2.50.